The lowest BCUT2D eigenvalue weighted by Gasteiger charge is -2.08. The second kappa shape index (κ2) is 19.8. The Morgan fingerprint density at radius 2 is 1.44 bits per heavy atom. The molecule has 7 nitrogen and oxygen atoms in total. The number of halogens is 2. The van der Waals surface area contributed by atoms with E-state index in [0.717, 1.165) is 39.2 Å². The Bertz CT molecular complexity index is 2690. The van der Waals surface area contributed by atoms with Gasteiger partial charge in [-0.05, 0) is 108 Å². The first-order chi connectivity index (χ1) is 28.7. The number of rotatable bonds is 14. The summed E-state index contributed by atoms with van der Waals surface area (Å²) >= 11 is 14.6. The molecule has 0 radical (unpaired) electrons. The standard InChI is InChI=1S/C27H19ClN2O4.C22H24ClNS/c1-15-6-11-18(12-20(15)26(32)33)34-27-29-23-13-21(22(28)14-24(23)30-27)17-9-7-16(8-10-17)19-4-2-3-5-25(19)31;23-21-15-8-14-20-19(21)13-9-16-22(20)25-24-17-7-2-1-4-10-18-11-5-3-6-12-18/h2-14,31H,1H3,(H,29,30)(H,32,33);3,5-6,8-9,11-16,24H,1-2,4,7,10,17H2. The van der Waals surface area contributed by atoms with Gasteiger partial charge in [-0.3, -0.25) is 4.72 Å². The number of hydrogen-bond acceptors (Lipinski definition) is 6. The zero-order valence-corrected chi connectivity index (χ0v) is 34.7. The molecule has 0 fully saturated rings. The number of carbonyl (C=O) groups is 1. The van der Waals surface area contributed by atoms with Crippen LogP contribution in [0.3, 0.4) is 0 Å². The number of fused-ring (bicyclic) bond motifs is 2. The number of H-pyrrole nitrogens is 1. The molecule has 0 aliphatic rings. The van der Waals surface area contributed by atoms with Crippen LogP contribution in [-0.2, 0) is 6.42 Å². The van der Waals surface area contributed by atoms with Crippen molar-refractivity contribution in [2.24, 2.45) is 0 Å². The number of ether oxygens (including phenoxy) is 1. The van der Waals surface area contributed by atoms with E-state index in [9.17, 15) is 15.0 Å². The van der Waals surface area contributed by atoms with E-state index in [2.05, 4.69) is 69.3 Å². The number of aromatic amines is 1. The fraction of sp³-hybridized carbons (Fsp3) is 0.143. The molecule has 0 spiro atoms. The third kappa shape index (κ3) is 10.7. The van der Waals surface area contributed by atoms with Crippen molar-refractivity contribution in [3.05, 3.63) is 172 Å². The Morgan fingerprint density at radius 1 is 0.729 bits per heavy atom. The van der Waals surface area contributed by atoms with Crippen molar-refractivity contribution in [1.29, 1.82) is 0 Å². The Balaban J connectivity index is 0.000000188. The van der Waals surface area contributed by atoms with Crippen molar-refractivity contribution in [2.45, 2.75) is 43.9 Å². The van der Waals surface area contributed by atoms with Gasteiger partial charge in [0.15, 0.2) is 0 Å². The lowest BCUT2D eigenvalue weighted by molar-refractivity contribution is 0.0695. The molecular formula is C49H43Cl2N3O4S. The average molecular weight is 841 g/mol. The van der Waals surface area contributed by atoms with Crippen LogP contribution in [0.25, 0.3) is 44.1 Å². The number of imidazole rings is 1. The van der Waals surface area contributed by atoms with Crippen LogP contribution in [0, 0.1) is 6.92 Å². The van der Waals surface area contributed by atoms with Gasteiger partial charge in [-0.2, -0.15) is 4.98 Å². The molecule has 8 aromatic rings. The first-order valence-corrected chi connectivity index (χ1v) is 21.0. The third-order valence-corrected chi connectivity index (χ3v) is 11.5. The van der Waals surface area contributed by atoms with Crippen LogP contribution >= 0.6 is 35.1 Å². The molecule has 59 heavy (non-hydrogen) atoms. The van der Waals surface area contributed by atoms with Gasteiger partial charge in [-0.25, -0.2) is 4.79 Å². The highest BCUT2D eigenvalue weighted by Gasteiger charge is 2.14. The van der Waals surface area contributed by atoms with Crippen molar-refractivity contribution in [3.63, 3.8) is 0 Å². The van der Waals surface area contributed by atoms with Crippen molar-refractivity contribution in [1.82, 2.24) is 14.7 Å². The topological polar surface area (TPSA) is 107 Å². The SMILES string of the molecule is Cc1ccc(Oc2nc3cc(-c4ccc(-c5ccccc5O)cc4)c(Cl)cc3[nH]2)cc1C(=O)O.Clc1cccc2c(SNCCCCCCc3ccccc3)cccc12. The van der Waals surface area contributed by atoms with Crippen LogP contribution in [-0.4, -0.2) is 32.7 Å². The first-order valence-electron chi connectivity index (χ1n) is 19.4. The van der Waals surface area contributed by atoms with Gasteiger partial charge in [0, 0.05) is 33.0 Å². The Labute approximate surface area is 358 Å². The van der Waals surface area contributed by atoms with E-state index in [4.69, 9.17) is 27.9 Å². The van der Waals surface area contributed by atoms with Gasteiger partial charge in [0.25, 0.3) is 6.01 Å². The summed E-state index contributed by atoms with van der Waals surface area (Å²) in [4.78, 5) is 20.2. The maximum absolute atomic E-state index is 11.4. The number of aromatic nitrogens is 2. The van der Waals surface area contributed by atoms with E-state index >= 15 is 0 Å². The minimum Gasteiger partial charge on any atom is -0.507 e. The van der Waals surface area contributed by atoms with Crippen molar-refractivity contribution < 1.29 is 19.7 Å². The van der Waals surface area contributed by atoms with Crippen molar-refractivity contribution in [2.75, 3.05) is 6.54 Å². The van der Waals surface area contributed by atoms with Crippen LogP contribution < -0.4 is 9.46 Å². The van der Waals surface area contributed by atoms with Crippen LogP contribution in [0.4, 0.5) is 0 Å². The molecule has 298 valence electrons. The number of aromatic hydroxyl groups is 1. The number of carboxylic acids is 1. The van der Waals surface area contributed by atoms with Crippen molar-refractivity contribution in [3.8, 4) is 39.8 Å². The number of aryl methyl sites for hydroxylation is 2. The summed E-state index contributed by atoms with van der Waals surface area (Å²) in [6, 6.07) is 46.8. The highest BCUT2D eigenvalue weighted by molar-refractivity contribution is 7.97. The molecule has 1 heterocycles. The smallest absolute Gasteiger partial charge is 0.336 e. The second-order valence-corrected chi connectivity index (χ2v) is 15.9. The first kappa shape index (κ1) is 41.4. The van der Waals surface area contributed by atoms with Gasteiger partial charge in [0.2, 0.25) is 0 Å². The number of nitrogens with one attached hydrogen (secondary N) is 2. The van der Waals surface area contributed by atoms with Gasteiger partial charge in [-0.1, -0.05) is 139 Å². The third-order valence-electron chi connectivity index (χ3n) is 9.96. The number of unbranched alkanes of at least 4 members (excludes halogenated alkanes) is 3. The Morgan fingerprint density at radius 3 is 2.22 bits per heavy atom. The normalized spacial score (nSPS) is 11.0. The molecule has 0 saturated heterocycles. The lowest BCUT2D eigenvalue weighted by atomic mass is 9.99. The summed E-state index contributed by atoms with van der Waals surface area (Å²) in [6.07, 6.45) is 6.26. The quantitative estimate of drug-likeness (QED) is 0.0638. The second-order valence-electron chi connectivity index (χ2n) is 14.1. The number of aromatic carboxylic acids is 1. The lowest BCUT2D eigenvalue weighted by Crippen LogP contribution is -2.05. The van der Waals surface area contributed by atoms with E-state index in [-0.39, 0.29) is 17.3 Å². The highest BCUT2D eigenvalue weighted by Crippen LogP contribution is 2.36. The number of para-hydroxylation sites is 1. The number of carboxylic acid groups (broad SMARTS) is 1. The monoisotopic (exact) mass is 839 g/mol. The fourth-order valence-corrected chi connectivity index (χ4v) is 8.16. The van der Waals surface area contributed by atoms with Gasteiger partial charge in [-0.15, -0.1) is 0 Å². The van der Waals surface area contributed by atoms with Gasteiger partial charge < -0.3 is 19.9 Å². The van der Waals surface area contributed by atoms with Crippen LogP contribution in [0.15, 0.2) is 150 Å². The minimum absolute atomic E-state index is 0.172. The van der Waals surface area contributed by atoms with E-state index < -0.39 is 5.97 Å². The number of hydrogen-bond donors (Lipinski definition) is 4. The molecular weight excluding hydrogens is 798 g/mol. The van der Waals surface area contributed by atoms with Crippen LogP contribution in [0.5, 0.6) is 17.5 Å². The molecule has 8 rings (SSSR count). The molecule has 0 saturated carbocycles. The van der Waals surface area contributed by atoms with Crippen LogP contribution in [0.2, 0.25) is 10.0 Å². The van der Waals surface area contributed by atoms with E-state index in [0.29, 0.717) is 27.4 Å². The zero-order chi connectivity index (χ0) is 41.1. The summed E-state index contributed by atoms with van der Waals surface area (Å²) in [6.45, 7) is 2.76. The Kier molecular flexibility index (Phi) is 13.9. The van der Waals surface area contributed by atoms with Crippen molar-refractivity contribution >= 4 is 62.9 Å². The summed E-state index contributed by atoms with van der Waals surface area (Å²) in [7, 11) is 0. The number of benzene rings is 7. The molecule has 1 aromatic heterocycles. The summed E-state index contributed by atoms with van der Waals surface area (Å²) < 4.78 is 9.27. The van der Waals surface area contributed by atoms with Crippen LogP contribution in [0.1, 0.15) is 47.2 Å². The molecule has 0 bridgehead atoms. The number of phenolic OH excluding ortho intramolecular Hbond substituents is 1. The Hall–Kier alpha value is -5.77. The number of phenols is 1. The van der Waals surface area contributed by atoms with E-state index in [1.165, 1.54) is 54.0 Å². The maximum Gasteiger partial charge on any atom is 0.336 e. The highest BCUT2D eigenvalue weighted by atomic mass is 35.5. The molecule has 4 N–H and O–H groups in total. The van der Waals surface area contributed by atoms with E-state index in [1.54, 1.807) is 49.2 Å². The molecule has 7 aromatic carbocycles. The largest absolute Gasteiger partial charge is 0.507 e. The van der Waals surface area contributed by atoms with Gasteiger partial charge in [0.1, 0.15) is 11.5 Å². The number of nitrogens with zero attached hydrogens (tertiary/aromatic N) is 1. The fourth-order valence-electron chi connectivity index (χ4n) is 6.82. The van der Waals surface area contributed by atoms with Gasteiger partial charge >= 0.3 is 5.97 Å². The molecule has 0 atom stereocenters. The van der Waals surface area contributed by atoms with E-state index in [1.807, 2.05) is 54.6 Å². The molecule has 0 aliphatic heterocycles. The summed E-state index contributed by atoms with van der Waals surface area (Å²) in [5.41, 5.74) is 6.98. The average Bonchev–Trinajstić information content (AvgIpc) is 3.64. The minimum atomic E-state index is -1.02. The maximum atomic E-state index is 11.4. The zero-order valence-electron chi connectivity index (χ0n) is 32.4. The molecule has 0 aliphatic carbocycles. The summed E-state index contributed by atoms with van der Waals surface area (Å²) in [5.74, 6) is -0.423. The van der Waals surface area contributed by atoms with Gasteiger partial charge in [0.05, 0.1) is 21.6 Å². The molecule has 0 amide bonds. The predicted octanol–water partition coefficient (Wildman–Crippen LogP) is 13.9. The molecule has 0 unspecified atom stereocenters. The molecule has 10 heteroatoms. The predicted molar refractivity (Wildman–Crippen MR) is 243 cm³/mol. The summed E-state index contributed by atoms with van der Waals surface area (Å²) in [5, 5.41) is 23.1.